The number of fused-ring (bicyclic) bond motifs is 1. The van der Waals surface area contributed by atoms with Gasteiger partial charge in [0.05, 0.1) is 37.4 Å². The number of benzene rings is 3. The van der Waals surface area contributed by atoms with Crippen LogP contribution in [0.5, 0.6) is 5.75 Å². The first kappa shape index (κ1) is 25.7. The van der Waals surface area contributed by atoms with Crippen molar-refractivity contribution in [2.24, 2.45) is 5.10 Å². The van der Waals surface area contributed by atoms with Gasteiger partial charge in [-0.3, -0.25) is 4.79 Å². The summed E-state index contributed by atoms with van der Waals surface area (Å²) in [7, 11) is 1.68. The summed E-state index contributed by atoms with van der Waals surface area (Å²) < 4.78 is 12.6. The molecule has 1 fully saturated rings. The number of nitrogens with zero attached hydrogens (tertiary/aromatic N) is 4. The largest absolute Gasteiger partial charge is 0.496 e. The summed E-state index contributed by atoms with van der Waals surface area (Å²) in [5.74, 6) is 1.58. The zero-order chi connectivity index (χ0) is 26.8. The molecule has 0 aliphatic carbocycles. The molecule has 0 amide bonds. The lowest BCUT2D eigenvalue weighted by Gasteiger charge is -2.29. The van der Waals surface area contributed by atoms with Gasteiger partial charge in [0, 0.05) is 24.3 Å². The quantitative estimate of drug-likeness (QED) is 0.319. The van der Waals surface area contributed by atoms with Crippen LogP contribution in [-0.2, 0) is 4.74 Å². The molecule has 196 valence electrons. The number of hydrogen-bond donors (Lipinski definition) is 0. The number of anilines is 1. The van der Waals surface area contributed by atoms with E-state index < -0.39 is 0 Å². The molecule has 1 aliphatic heterocycles. The fourth-order valence-corrected chi connectivity index (χ4v) is 4.92. The maximum atomic E-state index is 13.7. The normalized spacial score (nSPS) is 14.1. The summed E-state index contributed by atoms with van der Waals surface area (Å²) >= 11 is 0. The average Bonchev–Trinajstić information content (AvgIpc) is 2.93. The second-order valence-electron chi connectivity index (χ2n) is 10.0. The Labute approximate surface area is 223 Å². The molecular weight excluding hydrogens is 476 g/mol. The SMILES string of the molecule is COc1cc(C)c(-c2nc3ccccc3c(=O)n2N=Cc2ccc(N3CCOCC3)cc2C)cc1C(C)C. The van der Waals surface area contributed by atoms with Crippen LogP contribution in [0.2, 0.25) is 0 Å². The first-order valence-corrected chi connectivity index (χ1v) is 13.1. The van der Waals surface area contributed by atoms with Crippen molar-refractivity contribution in [3.8, 4) is 17.1 Å². The van der Waals surface area contributed by atoms with Gasteiger partial charge in [-0.1, -0.05) is 32.0 Å². The maximum Gasteiger partial charge on any atom is 0.282 e. The van der Waals surface area contributed by atoms with E-state index >= 15 is 0 Å². The number of hydrogen-bond acceptors (Lipinski definition) is 6. The second kappa shape index (κ2) is 10.8. The van der Waals surface area contributed by atoms with Crippen LogP contribution >= 0.6 is 0 Å². The number of ether oxygens (including phenoxy) is 2. The molecule has 0 N–H and O–H groups in total. The highest BCUT2D eigenvalue weighted by Crippen LogP contribution is 2.34. The number of aryl methyl sites for hydroxylation is 2. The molecule has 7 nitrogen and oxygen atoms in total. The summed E-state index contributed by atoms with van der Waals surface area (Å²) in [6, 6.07) is 17.8. The van der Waals surface area contributed by atoms with Gasteiger partial charge in [0.25, 0.3) is 5.56 Å². The Morgan fingerprint density at radius 1 is 1.03 bits per heavy atom. The van der Waals surface area contributed by atoms with Crippen molar-refractivity contribution in [3.05, 3.63) is 87.2 Å². The Bertz CT molecular complexity index is 1570. The topological polar surface area (TPSA) is 69.0 Å². The standard InChI is InChI=1S/C31H34N4O3/c1-20(2)26-18-27(22(4)17-29(26)37-5)30-33-28-9-7-6-8-25(28)31(36)35(30)32-19-23-10-11-24(16-21(23)3)34-12-14-38-15-13-34/h6-11,16-20H,12-15H2,1-5H3. The van der Waals surface area contributed by atoms with Crippen molar-refractivity contribution in [3.63, 3.8) is 0 Å². The highest BCUT2D eigenvalue weighted by atomic mass is 16.5. The number of morpholine rings is 1. The van der Waals surface area contributed by atoms with E-state index in [4.69, 9.17) is 19.6 Å². The molecule has 38 heavy (non-hydrogen) atoms. The lowest BCUT2D eigenvalue weighted by molar-refractivity contribution is 0.122. The summed E-state index contributed by atoms with van der Waals surface area (Å²) in [5.41, 5.74) is 6.52. The van der Waals surface area contributed by atoms with Gasteiger partial charge in [0.1, 0.15) is 5.75 Å². The predicted octanol–water partition coefficient (Wildman–Crippen LogP) is 5.53. The monoisotopic (exact) mass is 510 g/mol. The molecule has 2 heterocycles. The summed E-state index contributed by atoms with van der Waals surface area (Å²) in [4.78, 5) is 21.0. The lowest BCUT2D eigenvalue weighted by atomic mass is 9.96. The average molecular weight is 511 g/mol. The molecule has 3 aromatic carbocycles. The molecule has 1 aliphatic rings. The van der Waals surface area contributed by atoms with Gasteiger partial charge in [-0.25, -0.2) is 4.98 Å². The van der Waals surface area contributed by atoms with Crippen molar-refractivity contribution in [2.45, 2.75) is 33.6 Å². The van der Waals surface area contributed by atoms with Crippen LogP contribution < -0.4 is 15.2 Å². The van der Waals surface area contributed by atoms with Crippen LogP contribution in [0, 0.1) is 13.8 Å². The van der Waals surface area contributed by atoms with E-state index in [0.29, 0.717) is 16.7 Å². The van der Waals surface area contributed by atoms with Gasteiger partial charge in [-0.15, -0.1) is 0 Å². The molecule has 0 atom stereocenters. The van der Waals surface area contributed by atoms with Crippen LogP contribution in [0.4, 0.5) is 5.69 Å². The van der Waals surface area contributed by atoms with Gasteiger partial charge in [0.15, 0.2) is 5.82 Å². The van der Waals surface area contributed by atoms with Gasteiger partial charge in [-0.2, -0.15) is 9.78 Å². The van der Waals surface area contributed by atoms with E-state index in [1.807, 2.05) is 31.2 Å². The first-order chi connectivity index (χ1) is 18.4. The molecule has 7 heteroatoms. The third-order valence-electron chi connectivity index (χ3n) is 7.14. The van der Waals surface area contributed by atoms with Crippen LogP contribution in [-0.4, -0.2) is 49.3 Å². The van der Waals surface area contributed by atoms with Gasteiger partial charge < -0.3 is 14.4 Å². The van der Waals surface area contributed by atoms with E-state index in [2.05, 4.69) is 49.9 Å². The van der Waals surface area contributed by atoms with Gasteiger partial charge in [-0.05, 0) is 78.4 Å². The van der Waals surface area contributed by atoms with Crippen molar-refractivity contribution in [1.82, 2.24) is 9.66 Å². The molecule has 0 unspecified atom stereocenters. The molecule has 0 bridgehead atoms. The zero-order valence-corrected chi connectivity index (χ0v) is 22.7. The summed E-state index contributed by atoms with van der Waals surface area (Å²) in [6.07, 6.45) is 1.75. The minimum absolute atomic E-state index is 0.203. The van der Waals surface area contributed by atoms with E-state index in [1.54, 1.807) is 19.4 Å². The fraction of sp³-hybridized carbons (Fsp3) is 0.323. The third kappa shape index (κ3) is 4.94. The summed E-state index contributed by atoms with van der Waals surface area (Å²) in [6.45, 7) is 11.6. The lowest BCUT2D eigenvalue weighted by Crippen LogP contribution is -2.36. The smallest absolute Gasteiger partial charge is 0.282 e. The van der Waals surface area contributed by atoms with Crippen LogP contribution in [0.1, 0.15) is 42.0 Å². The Hall–Kier alpha value is -3.97. The van der Waals surface area contributed by atoms with E-state index in [9.17, 15) is 4.79 Å². The number of aromatic nitrogens is 2. The third-order valence-corrected chi connectivity index (χ3v) is 7.14. The van der Waals surface area contributed by atoms with Crippen LogP contribution in [0.25, 0.3) is 22.3 Å². The Morgan fingerprint density at radius 2 is 1.79 bits per heavy atom. The summed E-state index contributed by atoms with van der Waals surface area (Å²) in [5, 5.41) is 5.25. The van der Waals surface area contributed by atoms with Crippen molar-refractivity contribution in [1.29, 1.82) is 0 Å². The minimum Gasteiger partial charge on any atom is -0.496 e. The number of rotatable bonds is 6. The Balaban J connectivity index is 1.63. The molecule has 0 saturated carbocycles. The van der Waals surface area contributed by atoms with E-state index in [1.165, 1.54) is 10.4 Å². The minimum atomic E-state index is -0.203. The molecular formula is C31H34N4O3. The maximum absolute atomic E-state index is 13.7. The second-order valence-corrected chi connectivity index (χ2v) is 10.0. The molecule has 5 rings (SSSR count). The van der Waals surface area contributed by atoms with Crippen molar-refractivity contribution >= 4 is 22.8 Å². The molecule has 0 radical (unpaired) electrons. The Kier molecular flexibility index (Phi) is 7.29. The Morgan fingerprint density at radius 3 is 2.50 bits per heavy atom. The van der Waals surface area contributed by atoms with Crippen molar-refractivity contribution < 1.29 is 9.47 Å². The highest BCUT2D eigenvalue weighted by molar-refractivity contribution is 5.84. The fourth-order valence-electron chi connectivity index (χ4n) is 4.92. The number of para-hydroxylation sites is 1. The van der Waals surface area contributed by atoms with Crippen molar-refractivity contribution in [2.75, 3.05) is 38.3 Å². The highest BCUT2D eigenvalue weighted by Gasteiger charge is 2.18. The van der Waals surface area contributed by atoms with Crippen LogP contribution in [0.15, 0.2) is 64.5 Å². The molecule has 4 aromatic rings. The predicted molar refractivity (Wildman–Crippen MR) is 154 cm³/mol. The van der Waals surface area contributed by atoms with E-state index in [0.717, 1.165) is 59.9 Å². The molecule has 0 spiro atoms. The van der Waals surface area contributed by atoms with Gasteiger partial charge >= 0.3 is 0 Å². The van der Waals surface area contributed by atoms with E-state index in [-0.39, 0.29) is 11.5 Å². The molecule has 1 saturated heterocycles. The first-order valence-electron chi connectivity index (χ1n) is 13.1. The molecule has 1 aromatic heterocycles. The van der Waals surface area contributed by atoms with Crippen LogP contribution in [0.3, 0.4) is 0 Å². The van der Waals surface area contributed by atoms with Gasteiger partial charge in [0.2, 0.25) is 0 Å². The number of methoxy groups -OCH3 is 1. The zero-order valence-electron chi connectivity index (χ0n) is 22.7.